The van der Waals surface area contributed by atoms with Gasteiger partial charge in [0.1, 0.15) is 28.5 Å². The van der Waals surface area contributed by atoms with E-state index < -0.39 is 0 Å². The number of phenolic OH excluding ortho intramolecular Hbond substituents is 1. The van der Waals surface area contributed by atoms with Crippen LogP contribution in [0.15, 0.2) is 17.2 Å². The molecule has 0 radical (unpaired) electrons. The van der Waals surface area contributed by atoms with Crippen molar-refractivity contribution < 1.29 is 14.6 Å². The summed E-state index contributed by atoms with van der Waals surface area (Å²) in [6.07, 6.45) is 0. The Kier molecular flexibility index (Phi) is 4.49. The molecule has 0 amide bonds. The molecular formula is C15H12N4O3S. The van der Waals surface area contributed by atoms with Crippen molar-refractivity contribution in [2.24, 2.45) is 0 Å². The summed E-state index contributed by atoms with van der Waals surface area (Å²) >= 11 is 4.13. The van der Waals surface area contributed by atoms with Crippen LogP contribution in [0, 0.1) is 22.7 Å². The quantitative estimate of drug-likeness (QED) is 0.736. The molecule has 8 heteroatoms. The predicted octanol–water partition coefficient (Wildman–Crippen LogP) is 2.09. The van der Waals surface area contributed by atoms with Gasteiger partial charge >= 0.3 is 0 Å². The molecule has 3 N–H and O–H groups in total. The number of rotatable bonds is 3. The molecule has 1 aromatic carbocycles. The average Bonchev–Trinajstić information content (AvgIpc) is 2.53. The zero-order valence-electron chi connectivity index (χ0n) is 12.3. The number of nitrogen functional groups attached to an aromatic ring is 1. The maximum atomic E-state index is 10.1. The minimum absolute atomic E-state index is 0.0194. The molecule has 0 aliphatic carbocycles. The van der Waals surface area contributed by atoms with Gasteiger partial charge in [-0.3, -0.25) is 0 Å². The van der Waals surface area contributed by atoms with Gasteiger partial charge in [0, 0.05) is 5.56 Å². The van der Waals surface area contributed by atoms with E-state index in [2.05, 4.69) is 17.6 Å². The Hall–Kier alpha value is -3.10. The van der Waals surface area contributed by atoms with Crippen LogP contribution in [0.25, 0.3) is 11.1 Å². The van der Waals surface area contributed by atoms with Gasteiger partial charge in [-0.05, 0) is 17.7 Å². The van der Waals surface area contributed by atoms with Gasteiger partial charge in [0.2, 0.25) is 5.75 Å². The molecule has 1 aromatic heterocycles. The van der Waals surface area contributed by atoms with Crippen molar-refractivity contribution in [2.75, 3.05) is 20.0 Å². The van der Waals surface area contributed by atoms with Gasteiger partial charge < -0.3 is 20.3 Å². The molecule has 0 saturated carbocycles. The SMILES string of the molecule is COc1cc(-c2c(C#N)c(N)nc(S)c2C#N)cc(O)c1OC. The normalized spacial score (nSPS) is 9.78. The highest BCUT2D eigenvalue weighted by Gasteiger charge is 2.21. The minimum atomic E-state index is -0.203. The first kappa shape index (κ1) is 16.3. The Morgan fingerprint density at radius 2 is 1.83 bits per heavy atom. The summed E-state index contributed by atoms with van der Waals surface area (Å²) in [5.74, 6) is 0.124. The number of nitrogens with two attached hydrogens (primary N) is 1. The van der Waals surface area contributed by atoms with Crippen molar-refractivity contribution in [3.63, 3.8) is 0 Å². The predicted molar refractivity (Wildman–Crippen MR) is 85.5 cm³/mol. The maximum absolute atomic E-state index is 10.1. The van der Waals surface area contributed by atoms with Crippen molar-refractivity contribution >= 4 is 18.4 Å². The van der Waals surface area contributed by atoms with Crippen LogP contribution in [0.1, 0.15) is 11.1 Å². The Morgan fingerprint density at radius 1 is 1.17 bits per heavy atom. The fraction of sp³-hybridized carbons (Fsp3) is 0.133. The number of anilines is 1. The Balaban J connectivity index is 2.90. The van der Waals surface area contributed by atoms with Crippen molar-refractivity contribution in [3.05, 3.63) is 23.3 Å². The minimum Gasteiger partial charge on any atom is -0.504 e. The maximum Gasteiger partial charge on any atom is 0.203 e. The molecule has 0 bridgehead atoms. The lowest BCUT2D eigenvalue weighted by Gasteiger charge is -2.14. The highest BCUT2D eigenvalue weighted by atomic mass is 32.1. The fourth-order valence-electron chi connectivity index (χ4n) is 2.19. The number of thiol groups is 1. The van der Waals surface area contributed by atoms with Crippen molar-refractivity contribution in [1.82, 2.24) is 4.98 Å². The van der Waals surface area contributed by atoms with Crippen LogP contribution in [-0.2, 0) is 0 Å². The zero-order valence-corrected chi connectivity index (χ0v) is 13.2. The highest BCUT2D eigenvalue weighted by molar-refractivity contribution is 7.80. The van der Waals surface area contributed by atoms with Crippen LogP contribution >= 0.6 is 12.6 Å². The Morgan fingerprint density at radius 3 is 2.35 bits per heavy atom. The van der Waals surface area contributed by atoms with E-state index in [1.54, 1.807) is 0 Å². The summed E-state index contributed by atoms with van der Waals surface area (Å²) in [6.45, 7) is 0. The van der Waals surface area contributed by atoms with E-state index in [9.17, 15) is 15.6 Å². The van der Waals surface area contributed by atoms with E-state index in [4.69, 9.17) is 15.2 Å². The molecular weight excluding hydrogens is 316 g/mol. The Bertz CT molecular complexity index is 830. The lowest BCUT2D eigenvalue weighted by molar-refractivity contribution is 0.333. The van der Waals surface area contributed by atoms with E-state index in [1.165, 1.54) is 26.4 Å². The second-order valence-corrected chi connectivity index (χ2v) is 4.82. The van der Waals surface area contributed by atoms with Crippen molar-refractivity contribution in [3.8, 4) is 40.5 Å². The van der Waals surface area contributed by atoms with Gasteiger partial charge in [0.15, 0.2) is 11.5 Å². The number of benzene rings is 1. The number of phenols is 1. The zero-order chi connectivity index (χ0) is 17.1. The third-order valence-corrected chi connectivity index (χ3v) is 3.50. The monoisotopic (exact) mass is 328 g/mol. The fourth-order valence-corrected chi connectivity index (χ4v) is 2.46. The molecule has 0 spiro atoms. The Labute approximate surface area is 137 Å². The van der Waals surface area contributed by atoms with E-state index in [0.29, 0.717) is 5.56 Å². The first-order valence-corrected chi connectivity index (χ1v) is 6.71. The lowest BCUT2D eigenvalue weighted by atomic mass is 9.96. The van der Waals surface area contributed by atoms with Gasteiger partial charge in [0.05, 0.1) is 19.8 Å². The van der Waals surface area contributed by atoms with Gasteiger partial charge in [-0.2, -0.15) is 10.5 Å². The first-order valence-electron chi connectivity index (χ1n) is 6.26. The highest BCUT2D eigenvalue weighted by Crippen LogP contribution is 2.43. The number of hydrogen-bond acceptors (Lipinski definition) is 8. The molecule has 23 heavy (non-hydrogen) atoms. The van der Waals surface area contributed by atoms with E-state index in [-0.39, 0.29) is 44.8 Å². The van der Waals surface area contributed by atoms with Crippen LogP contribution in [0.5, 0.6) is 17.2 Å². The molecule has 2 rings (SSSR count). The molecule has 0 aliphatic heterocycles. The van der Waals surface area contributed by atoms with Gasteiger partial charge in [-0.1, -0.05) is 0 Å². The number of aromatic nitrogens is 1. The average molecular weight is 328 g/mol. The van der Waals surface area contributed by atoms with Crippen molar-refractivity contribution in [1.29, 1.82) is 10.5 Å². The number of nitriles is 2. The summed E-state index contributed by atoms with van der Waals surface area (Å²) < 4.78 is 10.2. The van der Waals surface area contributed by atoms with Crippen molar-refractivity contribution in [2.45, 2.75) is 5.03 Å². The van der Waals surface area contributed by atoms with E-state index >= 15 is 0 Å². The van der Waals surface area contributed by atoms with Crippen LogP contribution < -0.4 is 15.2 Å². The second kappa shape index (κ2) is 6.34. The van der Waals surface area contributed by atoms with Crippen LogP contribution in [0.4, 0.5) is 5.82 Å². The first-order chi connectivity index (χ1) is 11.0. The molecule has 0 fully saturated rings. The summed E-state index contributed by atoms with van der Waals surface area (Å²) in [5.41, 5.74) is 6.43. The van der Waals surface area contributed by atoms with E-state index in [1.807, 2.05) is 12.1 Å². The summed E-state index contributed by atoms with van der Waals surface area (Å²) in [5, 5.41) is 28.9. The molecule has 116 valence electrons. The van der Waals surface area contributed by atoms with Crippen LogP contribution in [0.3, 0.4) is 0 Å². The molecule has 1 heterocycles. The van der Waals surface area contributed by atoms with Gasteiger partial charge in [-0.15, -0.1) is 12.6 Å². The topological polar surface area (TPSA) is 125 Å². The molecule has 2 aromatic rings. The number of nitrogens with zero attached hydrogens (tertiary/aromatic N) is 3. The third kappa shape index (κ3) is 2.68. The number of hydrogen-bond donors (Lipinski definition) is 3. The number of pyridine rings is 1. The van der Waals surface area contributed by atoms with Crippen LogP contribution in [-0.4, -0.2) is 24.3 Å². The molecule has 0 atom stereocenters. The molecule has 0 saturated heterocycles. The molecule has 0 aliphatic rings. The number of ether oxygens (including phenoxy) is 2. The standard InChI is InChI=1S/C15H12N4O3S/c1-21-11-4-7(3-10(20)13(11)22-2)12-8(5-16)14(18)19-15(23)9(12)6-17/h3-4,20H,1-2H3,(H3,18,19,23). The molecule has 0 unspecified atom stereocenters. The summed E-state index contributed by atoms with van der Waals surface area (Å²) in [7, 11) is 2.79. The second-order valence-electron chi connectivity index (χ2n) is 4.40. The van der Waals surface area contributed by atoms with E-state index in [0.717, 1.165) is 0 Å². The van der Waals surface area contributed by atoms with Gasteiger partial charge in [-0.25, -0.2) is 4.98 Å². The smallest absolute Gasteiger partial charge is 0.203 e. The summed E-state index contributed by atoms with van der Waals surface area (Å²) in [4.78, 5) is 3.88. The largest absolute Gasteiger partial charge is 0.504 e. The lowest BCUT2D eigenvalue weighted by Crippen LogP contribution is -2.02. The molecule has 7 nitrogen and oxygen atoms in total. The van der Waals surface area contributed by atoms with Crippen LogP contribution in [0.2, 0.25) is 0 Å². The van der Waals surface area contributed by atoms with Gasteiger partial charge in [0.25, 0.3) is 0 Å². The summed E-state index contributed by atoms with van der Waals surface area (Å²) in [6, 6.07) is 6.76. The third-order valence-electron chi connectivity index (χ3n) is 3.18. The number of methoxy groups -OCH3 is 2. The number of aromatic hydroxyl groups is 1.